The molecule has 0 saturated heterocycles. The van der Waals surface area contributed by atoms with Crippen LogP contribution in [-0.4, -0.2) is 23.3 Å². The van der Waals surface area contributed by atoms with Crippen molar-refractivity contribution in [2.45, 2.75) is 20.0 Å². The van der Waals surface area contributed by atoms with E-state index in [2.05, 4.69) is 16.2 Å². The first kappa shape index (κ1) is 20.7. The molecule has 9 nitrogen and oxygen atoms in total. The fraction of sp³-hybridized carbons (Fsp3) is 0.250. The Bertz CT molecular complexity index is 923. The van der Waals surface area contributed by atoms with Crippen LogP contribution in [0.25, 0.3) is 0 Å². The Morgan fingerprint density at radius 3 is 2.43 bits per heavy atom. The average molecular weight is 400 g/mol. The van der Waals surface area contributed by atoms with E-state index in [4.69, 9.17) is 4.42 Å². The molecule has 150 valence electrons. The number of hydrogen-bond donors (Lipinski definition) is 3. The number of rotatable bonds is 6. The summed E-state index contributed by atoms with van der Waals surface area (Å²) in [6, 6.07) is 3.29. The Morgan fingerprint density at radius 2 is 1.89 bits per heavy atom. The van der Waals surface area contributed by atoms with Gasteiger partial charge in [0.2, 0.25) is 0 Å². The van der Waals surface area contributed by atoms with E-state index in [1.807, 2.05) is 0 Å². The standard InChI is InChI=1S/C16H15F3N4O5/c1-8-5-11(9(2)28-8)15(25)20-7-14(24)22-21-12-4-3-10(16(17,18)19)6-13(12)23(26)27/h3-6,21H,7H2,1-2H3,(H,20,25)(H,22,24). The summed E-state index contributed by atoms with van der Waals surface area (Å²) in [4.78, 5) is 33.7. The van der Waals surface area contributed by atoms with Gasteiger partial charge in [0, 0.05) is 6.07 Å². The maximum absolute atomic E-state index is 12.7. The molecule has 0 atom stereocenters. The molecule has 0 aliphatic heterocycles. The van der Waals surface area contributed by atoms with Crippen LogP contribution in [0.1, 0.15) is 27.4 Å². The van der Waals surface area contributed by atoms with Crippen molar-refractivity contribution in [3.8, 4) is 0 Å². The van der Waals surface area contributed by atoms with Crippen LogP contribution in [0.2, 0.25) is 0 Å². The van der Waals surface area contributed by atoms with Crippen LogP contribution in [0.5, 0.6) is 0 Å². The maximum Gasteiger partial charge on any atom is 0.416 e. The smallest absolute Gasteiger partial charge is 0.416 e. The molecule has 28 heavy (non-hydrogen) atoms. The summed E-state index contributed by atoms with van der Waals surface area (Å²) in [5.41, 5.74) is 2.07. The molecule has 12 heteroatoms. The van der Waals surface area contributed by atoms with E-state index in [9.17, 15) is 32.9 Å². The minimum atomic E-state index is -4.75. The summed E-state index contributed by atoms with van der Waals surface area (Å²) < 4.78 is 43.2. The highest BCUT2D eigenvalue weighted by atomic mass is 19.4. The fourth-order valence-electron chi connectivity index (χ4n) is 2.26. The molecule has 0 radical (unpaired) electrons. The molecule has 2 amide bonds. The molecule has 1 aromatic carbocycles. The van der Waals surface area contributed by atoms with E-state index < -0.39 is 40.7 Å². The highest BCUT2D eigenvalue weighted by Gasteiger charge is 2.33. The van der Waals surface area contributed by atoms with E-state index in [-0.39, 0.29) is 11.3 Å². The number of aryl methyl sites for hydroxylation is 2. The van der Waals surface area contributed by atoms with Crippen molar-refractivity contribution in [1.82, 2.24) is 10.7 Å². The van der Waals surface area contributed by atoms with E-state index in [1.165, 1.54) is 6.07 Å². The lowest BCUT2D eigenvalue weighted by Gasteiger charge is -2.11. The first-order chi connectivity index (χ1) is 13.0. The molecular formula is C16H15F3N4O5. The number of nitrogens with one attached hydrogen (secondary N) is 3. The molecular weight excluding hydrogens is 385 g/mol. The molecule has 0 unspecified atom stereocenters. The Balaban J connectivity index is 1.98. The second kappa shape index (κ2) is 7.98. The second-order valence-corrected chi connectivity index (χ2v) is 5.67. The number of amides is 2. The zero-order valence-corrected chi connectivity index (χ0v) is 14.6. The number of hydrogen-bond acceptors (Lipinski definition) is 6. The summed E-state index contributed by atoms with van der Waals surface area (Å²) in [6.45, 7) is 2.74. The van der Waals surface area contributed by atoms with E-state index in [1.54, 1.807) is 13.8 Å². The number of benzene rings is 1. The van der Waals surface area contributed by atoms with Gasteiger partial charge in [0.25, 0.3) is 17.5 Å². The summed E-state index contributed by atoms with van der Waals surface area (Å²) in [5, 5.41) is 13.3. The average Bonchev–Trinajstić information content (AvgIpc) is 2.95. The first-order valence-corrected chi connectivity index (χ1v) is 7.74. The number of hydrazine groups is 1. The maximum atomic E-state index is 12.7. The molecule has 0 aliphatic carbocycles. The molecule has 0 saturated carbocycles. The van der Waals surface area contributed by atoms with Gasteiger partial charge in [-0.05, 0) is 32.0 Å². The number of anilines is 1. The van der Waals surface area contributed by atoms with Crippen LogP contribution in [-0.2, 0) is 11.0 Å². The molecule has 2 aromatic rings. The molecule has 0 bridgehead atoms. The Hall–Kier alpha value is -3.57. The highest BCUT2D eigenvalue weighted by Crippen LogP contribution is 2.34. The monoisotopic (exact) mass is 400 g/mol. The summed E-state index contributed by atoms with van der Waals surface area (Å²) in [5.74, 6) is -0.456. The normalized spacial score (nSPS) is 11.0. The minimum Gasteiger partial charge on any atom is -0.466 e. The van der Waals surface area contributed by atoms with Gasteiger partial charge in [-0.2, -0.15) is 13.2 Å². The van der Waals surface area contributed by atoms with Gasteiger partial charge in [0.1, 0.15) is 17.2 Å². The molecule has 2 rings (SSSR count). The number of nitro benzene ring substituents is 1. The van der Waals surface area contributed by atoms with E-state index in [0.29, 0.717) is 23.7 Å². The van der Waals surface area contributed by atoms with Gasteiger partial charge < -0.3 is 9.73 Å². The van der Waals surface area contributed by atoms with Crippen LogP contribution < -0.4 is 16.2 Å². The number of carbonyl (C=O) groups is 2. The number of nitrogens with zero attached hydrogens (tertiary/aromatic N) is 1. The van der Waals surface area contributed by atoms with Crippen molar-refractivity contribution in [3.05, 3.63) is 57.0 Å². The summed E-state index contributed by atoms with van der Waals surface area (Å²) >= 11 is 0. The lowest BCUT2D eigenvalue weighted by atomic mass is 10.1. The fourth-order valence-corrected chi connectivity index (χ4v) is 2.26. The number of halogens is 3. The third-order valence-corrected chi connectivity index (χ3v) is 3.55. The van der Waals surface area contributed by atoms with Crippen LogP contribution in [0.4, 0.5) is 24.5 Å². The number of nitro groups is 1. The van der Waals surface area contributed by atoms with Gasteiger partial charge in [-0.25, -0.2) is 0 Å². The predicted octanol–water partition coefficient (Wildman–Crippen LogP) is 2.70. The molecule has 1 aromatic heterocycles. The number of furan rings is 1. The van der Waals surface area contributed by atoms with E-state index >= 15 is 0 Å². The van der Waals surface area contributed by atoms with Crippen molar-refractivity contribution in [3.63, 3.8) is 0 Å². The number of alkyl halides is 3. The lowest BCUT2D eigenvalue weighted by Crippen LogP contribution is -2.39. The van der Waals surface area contributed by atoms with Crippen LogP contribution in [0.3, 0.4) is 0 Å². The van der Waals surface area contributed by atoms with Crippen molar-refractivity contribution in [2.75, 3.05) is 12.0 Å². The second-order valence-electron chi connectivity index (χ2n) is 5.67. The van der Waals surface area contributed by atoms with Crippen LogP contribution >= 0.6 is 0 Å². The molecule has 0 aliphatic rings. The van der Waals surface area contributed by atoms with Crippen LogP contribution in [0.15, 0.2) is 28.7 Å². The molecule has 3 N–H and O–H groups in total. The Kier molecular flexibility index (Phi) is 5.91. The largest absolute Gasteiger partial charge is 0.466 e. The highest BCUT2D eigenvalue weighted by molar-refractivity contribution is 5.97. The van der Waals surface area contributed by atoms with Gasteiger partial charge >= 0.3 is 6.18 Å². The minimum absolute atomic E-state index is 0.247. The van der Waals surface area contributed by atoms with Crippen molar-refractivity contribution in [2.24, 2.45) is 0 Å². The SMILES string of the molecule is Cc1cc(C(=O)NCC(=O)NNc2ccc(C(F)(F)F)cc2[N+](=O)[O-])c(C)o1. The molecule has 1 heterocycles. The van der Waals surface area contributed by atoms with Gasteiger partial charge in [0.15, 0.2) is 0 Å². The third-order valence-electron chi connectivity index (χ3n) is 3.55. The lowest BCUT2D eigenvalue weighted by molar-refractivity contribution is -0.384. The molecule has 0 fully saturated rings. The van der Waals surface area contributed by atoms with Crippen LogP contribution in [0, 0.1) is 24.0 Å². The summed E-state index contributed by atoms with van der Waals surface area (Å²) in [7, 11) is 0. The third kappa shape index (κ3) is 4.99. The van der Waals surface area contributed by atoms with Gasteiger partial charge in [-0.3, -0.25) is 30.6 Å². The predicted molar refractivity (Wildman–Crippen MR) is 90.4 cm³/mol. The molecule has 0 spiro atoms. The van der Waals surface area contributed by atoms with E-state index in [0.717, 1.165) is 6.07 Å². The topological polar surface area (TPSA) is 127 Å². The zero-order chi connectivity index (χ0) is 21.1. The van der Waals surface area contributed by atoms with Gasteiger partial charge in [0.05, 0.1) is 22.6 Å². The van der Waals surface area contributed by atoms with Crippen molar-refractivity contribution in [1.29, 1.82) is 0 Å². The Morgan fingerprint density at radius 1 is 1.21 bits per heavy atom. The van der Waals surface area contributed by atoms with Crippen molar-refractivity contribution >= 4 is 23.2 Å². The Labute approximate surface area is 156 Å². The quantitative estimate of drug-likeness (QED) is 0.506. The van der Waals surface area contributed by atoms with Gasteiger partial charge in [-0.1, -0.05) is 0 Å². The van der Waals surface area contributed by atoms with Gasteiger partial charge in [-0.15, -0.1) is 0 Å². The first-order valence-electron chi connectivity index (χ1n) is 7.74. The zero-order valence-electron chi connectivity index (χ0n) is 14.6. The summed E-state index contributed by atoms with van der Waals surface area (Å²) in [6.07, 6.45) is -4.75. The van der Waals surface area contributed by atoms with Crippen molar-refractivity contribution < 1.29 is 32.1 Å². The number of carbonyl (C=O) groups excluding carboxylic acids is 2.